The monoisotopic (exact) mass is 472 g/mol. The van der Waals surface area contributed by atoms with Crippen LogP contribution in [0.15, 0.2) is 73.1 Å². The number of benzene rings is 2. The Kier molecular flexibility index (Phi) is 7.51. The van der Waals surface area contributed by atoms with Crippen molar-refractivity contribution in [2.24, 2.45) is 5.41 Å². The molecule has 0 amide bonds. The first-order chi connectivity index (χ1) is 16.8. The summed E-state index contributed by atoms with van der Waals surface area (Å²) in [7, 11) is 0. The van der Waals surface area contributed by atoms with Crippen molar-refractivity contribution in [3.63, 3.8) is 0 Å². The molecule has 6 nitrogen and oxygen atoms in total. The highest BCUT2D eigenvalue weighted by molar-refractivity contribution is 5.93. The van der Waals surface area contributed by atoms with Crippen LogP contribution in [0, 0.1) is 5.41 Å². The summed E-state index contributed by atoms with van der Waals surface area (Å²) in [5, 5.41) is 11.5. The molecular formula is C29H32N2O4. The van der Waals surface area contributed by atoms with Gasteiger partial charge in [-0.25, -0.2) is 4.98 Å². The molecule has 182 valence electrons. The maximum Gasteiger partial charge on any atom is 0.219 e. The number of nitrogens with one attached hydrogen (secondary N) is 1. The lowest BCUT2D eigenvalue weighted by atomic mass is 9.81. The van der Waals surface area contributed by atoms with Crippen molar-refractivity contribution in [1.82, 2.24) is 9.97 Å². The van der Waals surface area contributed by atoms with Crippen LogP contribution in [0.4, 0.5) is 0 Å². The molecule has 0 bridgehead atoms. The van der Waals surface area contributed by atoms with Gasteiger partial charge in [-0.15, -0.1) is 0 Å². The Morgan fingerprint density at radius 1 is 1.09 bits per heavy atom. The van der Waals surface area contributed by atoms with Crippen molar-refractivity contribution in [3.8, 4) is 17.4 Å². The average molecular weight is 473 g/mol. The van der Waals surface area contributed by atoms with E-state index in [-0.39, 0.29) is 17.8 Å². The lowest BCUT2D eigenvalue weighted by molar-refractivity contribution is 0.0877. The first-order valence-corrected chi connectivity index (χ1v) is 11.9. The second kappa shape index (κ2) is 10.7. The number of nitrogens with zero attached hydrogens (tertiary/aromatic N) is 1. The second-order valence-corrected chi connectivity index (χ2v) is 9.73. The summed E-state index contributed by atoms with van der Waals surface area (Å²) in [6.07, 6.45) is 5.31. The summed E-state index contributed by atoms with van der Waals surface area (Å²) >= 11 is 0. The van der Waals surface area contributed by atoms with Crippen LogP contribution < -0.4 is 9.47 Å². The molecule has 0 saturated carbocycles. The lowest BCUT2D eigenvalue weighted by Crippen LogP contribution is -2.22. The van der Waals surface area contributed by atoms with E-state index in [9.17, 15) is 9.90 Å². The number of ether oxygens (including phenoxy) is 2. The Labute approximate surface area is 205 Å². The maximum absolute atomic E-state index is 11.4. The summed E-state index contributed by atoms with van der Waals surface area (Å²) < 4.78 is 11.7. The Bertz CT molecular complexity index is 1260. The molecule has 0 spiro atoms. The molecule has 0 aliphatic heterocycles. The fourth-order valence-corrected chi connectivity index (χ4v) is 4.10. The summed E-state index contributed by atoms with van der Waals surface area (Å²) in [6, 6.07) is 19.2. The van der Waals surface area contributed by atoms with Gasteiger partial charge in [0.25, 0.3) is 0 Å². The van der Waals surface area contributed by atoms with Crippen molar-refractivity contribution in [2.45, 2.75) is 46.1 Å². The number of Topliss-reactive ketones (excluding diaryl/α,β-unsaturated/α-hetero) is 1. The van der Waals surface area contributed by atoms with Crippen molar-refractivity contribution in [1.29, 1.82) is 0 Å². The second-order valence-electron chi connectivity index (χ2n) is 9.73. The molecular weight excluding hydrogens is 440 g/mol. The van der Waals surface area contributed by atoms with Gasteiger partial charge in [-0.3, -0.25) is 4.79 Å². The van der Waals surface area contributed by atoms with Gasteiger partial charge in [-0.05, 0) is 73.6 Å². The minimum atomic E-state index is -0.527. The molecule has 0 fully saturated rings. The number of aliphatic hydroxyl groups is 1. The third-order valence-corrected chi connectivity index (χ3v) is 6.11. The number of ketones is 1. The van der Waals surface area contributed by atoms with Gasteiger partial charge >= 0.3 is 0 Å². The number of pyridine rings is 1. The minimum absolute atomic E-state index is 0.0219. The molecule has 0 aliphatic carbocycles. The van der Waals surface area contributed by atoms with Gasteiger partial charge < -0.3 is 19.6 Å². The molecule has 2 aromatic carbocycles. The molecule has 0 unspecified atom stereocenters. The SMILES string of the molecule is CC(=O)c1ccc(Oc2ccc(CC(C)(C)CC[C@H](O)COc3cccc4[nH]ccc34)cc2)nc1. The molecule has 4 aromatic rings. The Morgan fingerprint density at radius 2 is 1.89 bits per heavy atom. The molecule has 2 N–H and O–H groups in total. The highest BCUT2D eigenvalue weighted by Crippen LogP contribution is 2.30. The van der Waals surface area contributed by atoms with Crippen molar-refractivity contribution in [2.75, 3.05) is 6.61 Å². The Balaban J connectivity index is 1.25. The topological polar surface area (TPSA) is 84.4 Å². The molecule has 4 rings (SSSR count). The predicted molar refractivity (Wildman–Crippen MR) is 137 cm³/mol. The van der Waals surface area contributed by atoms with E-state index in [0.717, 1.165) is 29.5 Å². The highest BCUT2D eigenvalue weighted by atomic mass is 16.5. The molecule has 1 atom stereocenters. The third kappa shape index (κ3) is 6.70. The van der Waals surface area contributed by atoms with Crippen molar-refractivity contribution >= 4 is 16.7 Å². The zero-order chi connectivity index (χ0) is 24.8. The number of hydrogen-bond acceptors (Lipinski definition) is 5. The van der Waals surface area contributed by atoms with Gasteiger partial charge in [0.2, 0.25) is 5.88 Å². The smallest absolute Gasteiger partial charge is 0.219 e. The average Bonchev–Trinajstić information content (AvgIpc) is 3.32. The zero-order valence-electron chi connectivity index (χ0n) is 20.5. The van der Waals surface area contributed by atoms with E-state index in [2.05, 4.69) is 35.9 Å². The van der Waals surface area contributed by atoms with Gasteiger partial charge in [-0.2, -0.15) is 0 Å². The van der Waals surface area contributed by atoms with Crippen LogP contribution in [0.2, 0.25) is 0 Å². The number of H-pyrrole nitrogens is 1. The number of aromatic nitrogens is 2. The summed E-state index contributed by atoms with van der Waals surface area (Å²) in [4.78, 5) is 18.7. The van der Waals surface area contributed by atoms with Gasteiger partial charge in [-0.1, -0.05) is 32.0 Å². The quantitative estimate of drug-likeness (QED) is 0.249. The lowest BCUT2D eigenvalue weighted by Gasteiger charge is -2.26. The predicted octanol–water partition coefficient (Wildman–Crippen LogP) is 6.35. The number of aliphatic hydroxyl groups excluding tert-OH is 1. The standard InChI is InChI=1S/C29H32N2O4/c1-20(32)22-9-12-28(31-18-22)35-24-10-7-21(8-11-24)17-29(2,3)15-13-23(33)19-34-27-6-4-5-26-25(27)14-16-30-26/h4-12,14,16,18,23,30,33H,13,15,17,19H2,1-3H3/t23-/m0/s1. The number of carbonyl (C=O) groups is 1. The highest BCUT2D eigenvalue weighted by Gasteiger charge is 2.21. The number of hydrogen-bond donors (Lipinski definition) is 2. The van der Waals surface area contributed by atoms with E-state index < -0.39 is 6.10 Å². The van der Waals surface area contributed by atoms with Gasteiger partial charge in [0, 0.05) is 34.9 Å². The molecule has 0 radical (unpaired) electrons. The first-order valence-electron chi connectivity index (χ1n) is 11.9. The van der Waals surface area contributed by atoms with Crippen LogP contribution in [-0.2, 0) is 6.42 Å². The number of fused-ring (bicyclic) bond motifs is 1. The van der Waals surface area contributed by atoms with Gasteiger partial charge in [0.15, 0.2) is 5.78 Å². The first kappa shape index (κ1) is 24.5. The Morgan fingerprint density at radius 3 is 2.60 bits per heavy atom. The van der Waals surface area contributed by atoms with Crippen LogP contribution in [0.25, 0.3) is 10.9 Å². The zero-order valence-corrected chi connectivity index (χ0v) is 20.5. The molecule has 0 saturated heterocycles. The van der Waals surface area contributed by atoms with E-state index >= 15 is 0 Å². The third-order valence-electron chi connectivity index (χ3n) is 6.11. The van der Waals surface area contributed by atoms with Crippen LogP contribution >= 0.6 is 0 Å². The van der Waals surface area contributed by atoms with Crippen LogP contribution in [0.5, 0.6) is 17.4 Å². The van der Waals surface area contributed by atoms with E-state index in [1.165, 1.54) is 18.7 Å². The van der Waals surface area contributed by atoms with Crippen LogP contribution in [0.1, 0.15) is 49.5 Å². The van der Waals surface area contributed by atoms with Gasteiger partial charge in [0.05, 0.1) is 6.10 Å². The molecule has 2 aromatic heterocycles. The van der Waals surface area contributed by atoms with Crippen molar-refractivity contribution < 1.29 is 19.4 Å². The van der Waals surface area contributed by atoms with E-state index in [0.29, 0.717) is 23.6 Å². The molecule has 0 aliphatic rings. The van der Waals surface area contributed by atoms with E-state index in [1.54, 1.807) is 12.1 Å². The largest absolute Gasteiger partial charge is 0.490 e. The summed E-state index contributed by atoms with van der Waals surface area (Å²) in [6.45, 7) is 6.21. The number of rotatable bonds is 11. The molecule has 35 heavy (non-hydrogen) atoms. The Hall–Kier alpha value is -3.64. The van der Waals surface area contributed by atoms with E-state index in [4.69, 9.17) is 9.47 Å². The minimum Gasteiger partial charge on any atom is -0.490 e. The van der Waals surface area contributed by atoms with Crippen LogP contribution in [-0.4, -0.2) is 33.6 Å². The normalized spacial score (nSPS) is 12.5. The van der Waals surface area contributed by atoms with Crippen molar-refractivity contribution in [3.05, 3.63) is 84.2 Å². The maximum atomic E-state index is 11.4. The van der Waals surface area contributed by atoms with Crippen LogP contribution in [0.3, 0.4) is 0 Å². The number of aromatic amines is 1. The summed E-state index contributed by atoms with van der Waals surface area (Å²) in [5.74, 6) is 1.91. The fourth-order valence-electron chi connectivity index (χ4n) is 4.10. The van der Waals surface area contributed by atoms with E-state index in [1.807, 2.05) is 42.6 Å². The molecule has 6 heteroatoms. The molecule has 2 heterocycles. The fraction of sp³-hybridized carbons (Fsp3) is 0.310. The number of carbonyl (C=O) groups excluding carboxylic acids is 1. The summed E-state index contributed by atoms with van der Waals surface area (Å²) in [5.41, 5.74) is 2.81. The van der Waals surface area contributed by atoms with Gasteiger partial charge in [0.1, 0.15) is 18.1 Å².